The summed E-state index contributed by atoms with van der Waals surface area (Å²) in [4.78, 5) is 38.7. The number of hydrogen-bond acceptors (Lipinski definition) is 6. The zero-order chi connectivity index (χ0) is 20.6. The maximum atomic E-state index is 13.1. The fourth-order valence-corrected chi connectivity index (χ4v) is 6.91. The molecule has 8 heteroatoms. The molecule has 1 heterocycles. The van der Waals surface area contributed by atoms with Gasteiger partial charge in [0.1, 0.15) is 6.54 Å². The van der Waals surface area contributed by atoms with Gasteiger partial charge in [0.2, 0.25) is 0 Å². The largest absolute Gasteiger partial charge is 0.454 e. The lowest BCUT2D eigenvalue weighted by Gasteiger charge is -2.60. The number of rotatable bonds is 7. The highest BCUT2D eigenvalue weighted by Crippen LogP contribution is 2.57. The van der Waals surface area contributed by atoms with Gasteiger partial charge in [-0.25, -0.2) is 0 Å². The maximum absolute atomic E-state index is 13.1. The number of aromatic nitrogens is 1. The van der Waals surface area contributed by atoms with E-state index in [1.807, 2.05) is 4.90 Å². The molecule has 1 aromatic heterocycles. The molecule has 0 aromatic carbocycles. The van der Waals surface area contributed by atoms with Crippen molar-refractivity contribution in [2.45, 2.75) is 64.0 Å². The van der Waals surface area contributed by atoms with Gasteiger partial charge in [0.15, 0.2) is 6.61 Å². The number of esters is 1. The number of amides is 1. The van der Waals surface area contributed by atoms with Crippen LogP contribution in [-0.4, -0.2) is 40.0 Å². The van der Waals surface area contributed by atoms with E-state index in [9.17, 15) is 14.4 Å². The molecule has 29 heavy (non-hydrogen) atoms. The van der Waals surface area contributed by atoms with Crippen LogP contribution in [0.2, 0.25) is 0 Å². The third-order valence-electron chi connectivity index (χ3n) is 6.95. The molecule has 4 aliphatic carbocycles. The monoisotopic (exact) mass is 417 g/mol. The van der Waals surface area contributed by atoms with E-state index in [1.165, 1.54) is 23.8 Å². The van der Waals surface area contributed by atoms with Crippen LogP contribution in [0, 0.1) is 36.0 Å². The van der Waals surface area contributed by atoms with Crippen molar-refractivity contribution in [1.29, 1.82) is 5.26 Å². The molecule has 4 saturated carbocycles. The van der Waals surface area contributed by atoms with Crippen molar-refractivity contribution in [3.8, 4) is 6.07 Å². The van der Waals surface area contributed by atoms with Gasteiger partial charge in [-0.15, -0.1) is 0 Å². The third kappa shape index (κ3) is 3.97. The van der Waals surface area contributed by atoms with Crippen molar-refractivity contribution in [3.63, 3.8) is 0 Å². The second-order valence-corrected chi connectivity index (χ2v) is 9.81. The van der Waals surface area contributed by atoms with Gasteiger partial charge in [0.05, 0.1) is 12.5 Å². The van der Waals surface area contributed by atoms with Crippen molar-refractivity contribution in [2.75, 3.05) is 13.2 Å². The van der Waals surface area contributed by atoms with Crippen molar-refractivity contribution >= 4 is 23.2 Å². The van der Waals surface area contributed by atoms with E-state index >= 15 is 0 Å². The van der Waals surface area contributed by atoms with Crippen molar-refractivity contribution in [2.24, 2.45) is 17.8 Å². The van der Waals surface area contributed by atoms with E-state index in [4.69, 9.17) is 10.00 Å². The fraction of sp³-hybridized carbons (Fsp3) is 0.714. The van der Waals surface area contributed by atoms with E-state index in [0.717, 1.165) is 30.6 Å². The molecule has 0 unspecified atom stereocenters. The fourth-order valence-electron chi connectivity index (χ4n) is 6.17. The van der Waals surface area contributed by atoms with Gasteiger partial charge in [0.25, 0.3) is 5.91 Å². The van der Waals surface area contributed by atoms with Crippen molar-refractivity contribution < 1.29 is 14.3 Å². The quantitative estimate of drug-likeness (QED) is 0.636. The Balaban J connectivity index is 1.42. The van der Waals surface area contributed by atoms with Crippen LogP contribution in [0.1, 0.15) is 50.6 Å². The summed E-state index contributed by atoms with van der Waals surface area (Å²) in [5.41, 5.74) is 0.531. The Bertz CT molecular complexity index is 861. The van der Waals surface area contributed by atoms with Gasteiger partial charge in [-0.3, -0.25) is 19.0 Å². The van der Waals surface area contributed by atoms with Gasteiger partial charge < -0.3 is 9.64 Å². The van der Waals surface area contributed by atoms with Gasteiger partial charge in [-0.05, 0) is 63.2 Å². The van der Waals surface area contributed by atoms with E-state index in [1.54, 1.807) is 12.3 Å². The van der Waals surface area contributed by atoms with Crippen LogP contribution in [0.4, 0.5) is 0 Å². The number of aryl methyl sites for hydroxylation is 1. The topological polar surface area (TPSA) is 92.4 Å². The van der Waals surface area contributed by atoms with Gasteiger partial charge in [0, 0.05) is 23.2 Å². The maximum Gasteiger partial charge on any atom is 0.326 e. The number of nitriles is 1. The molecule has 0 aliphatic heterocycles. The molecular formula is C21H27N3O4S. The molecule has 0 saturated heterocycles. The highest BCUT2D eigenvalue weighted by molar-refractivity contribution is 7.07. The second kappa shape index (κ2) is 7.94. The summed E-state index contributed by atoms with van der Waals surface area (Å²) in [6, 6.07) is 2.15. The number of nitrogens with zero attached hydrogens (tertiary/aromatic N) is 3. The Hall–Kier alpha value is -2.14. The standard InChI is InChI=1S/C21H27N3O4S/c1-14-13-29-20(27)23(14)11-19(26)28-12-18(25)24(4-2-3-22)21-8-15-5-16(9-21)7-17(6-15)10-21/h13,15-17H,2,4-12H2,1H3. The SMILES string of the molecule is Cc1csc(=O)n1CC(=O)OCC(=O)N(CCC#N)C12CC3CC(CC(C3)C1)C2. The smallest absolute Gasteiger partial charge is 0.326 e. The Labute approximate surface area is 174 Å². The lowest BCUT2D eigenvalue weighted by molar-refractivity contribution is -0.162. The summed E-state index contributed by atoms with van der Waals surface area (Å²) in [6.07, 6.45) is 7.11. The first-order chi connectivity index (χ1) is 13.9. The second-order valence-electron chi connectivity index (χ2n) is 8.99. The van der Waals surface area contributed by atoms with E-state index < -0.39 is 5.97 Å². The average Bonchev–Trinajstić information content (AvgIpc) is 2.97. The van der Waals surface area contributed by atoms with Crippen LogP contribution in [0.5, 0.6) is 0 Å². The van der Waals surface area contributed by atoms with Crippen LogP contribution in [0.15, 0.2) is 10.2 Å². The number of hydrogen-bond donors (Lipinski definition) is 0. The lowest BCUT2D eigenvalue weighted by Crippen LogP contribution is -2.62. The Morgan fingerprint density at radius 3 is 2.41 bits per heavy atom. The van der Waals surface area contributed by atoms with Gasteiger partial charge >= 0.3 is 10.8 Å². The molecule has 0 spiro atoms. The summed E-state index contributed by atoms with van der Waals surface area (Å²) in [5.74, 6) is 1.22. The summed E-state index contributed by atoms with van der Waals surface area (Å²) < 4.78 is 6.59. The van der Waals surface area contributed by atoms with Gasteiger partial charge in [-0.2, -0.15) is 5.26 Å². The number of ether oxygens (including phenoxy) is 1. The first-order valence-electron chi connectivity index (χ1n) is 10.4. The molecular weight excluding hydrogens is 390 g/mol. The van der Waals surface area contributed by atoms with E-state index in [2.05, 4.69) is 6.07 Å². The van der Waals surface area contributed by atoms with Crippen LogP contribution >= 0.6 is 11.3 Å². The zero-order valence-electron chi connectivity index (χ0n) is 16.8. The first kappa shape index (κ1) is 20.1. The minimum Gasteiger partial charge on any atom is -0.454 e. The molecule has 4 aliphatic rings. The van der Waals surface area contributed by atoms with E-state index in [0.29, 0.717) is 30.0 Å². The molecule has 0 atom stereocenters. The zero-order valence-corrected chi connectivity index (χ0v) is 17.6. The highest BCUT2D eigenvalue weighted by Gasteiger charge is 2.54. The minimum absolute atomic E-state index is 0.171. The first-order valence-corrected chi connectivity index (χ1v) is 11.3. The van der Waals surface area contributed by atoms with Crippen molar-refractivity contribution in [1.82, 2.24) is 9.47 Å². The predicted octanol–water partition coefficient (Wildman–Crippen LogP) is 2.47. The molecule has 156 valence electrons. The van der Waals surface area contributed by atoms with Crippen LogP contribution < -0.4 is 4.87 Å². The molecule has 0 N–H and O–H groups in total. The molecule has 0 radical (unpaired) electrons. The number of thiazole rings is 1. The Morgan fingerprint density at radius 1 is 1.28 bits per heavy atom. The lowest BCUT2D eigenvalue weighted by atomic mass is 9.52. The summed E-state index contributed by atoms with van der Waals surface area (Å²) >= 11 is 1.04. The Kier molecular flexibility index (Phi) is 5.52. The molecule has 4 bridgehead atoms. The molecule has 4 fully saturated rings. The van der Waals surface area contributed by atoms with E-state index in [-0.39, 0.29) is 35.9 Å². The molecule has 1 aromatic rings. The summed E-state index contributed by atoms with van der Waals surface area (Å²) in [7, 11) is 0. The van der Waals surface area contributed by atoms with Crippen LogP contribution in [0.3, 0.4) is 0 Å². The molecule has 1 amide bonds. The summed E-state index contributed by atoms with van der Waals surface area (Å²) in [6.45, 7) is 1.64. The third-order valence-corrected chi connectivity index (χ3v) is 7.83. The number of carbonyl (C=O) groups excluding carboxylic acids is 2. The van der Waals surface area contributed by atoms with Gasteiger partial charge in [-0.1, -0.05) is 11.3 Å². The molecule has 7 nitrogen and oxygen atoms in total. The molecule has 5 rings (SSSR count). The number of carbonyl (C=O) groups is 2. The normalized spacial score (nSPS) is 29.4. The van der Waals surface area contributed by atoms with Crippen LogP contribution in [0.25, 0.3) is 0 Å². The highest BCUT2D eigenvalue weighted by atomic mass is 32.1. The Morgan fingerprint density at radius 2 is 1.90 bits per heavy atom. The van der Waals surface area contributed by atoms with Crippen LogP contribution in [-0.2, 0) is 20.9 Å². The predicted molar refractivity (Wildman–Crippen MR) is 107 cm³/mol. The average molecular weight is 418 g/mol. The summed E-state index contributed by atoms with van der Waals surface area (Å²) in [5, 5.41) is 10.8. The minimum atomic E-state index is -0.590. The van der Waals surface area contributed by atoms with Crippen molar-refractivity contribution in [3.05, 3.63) is 20.7 Å².